The quantitative estimate of drug-likeness (QED) is 0.763. The first-order valence-corrected chi connectivity index (χ1v) is 8.49. The van der Waals surface area contributed by atoms with Gasteiger partial charge in [0.2, 0.25) is 10.0 Å². The Morgan fingerprint density at radius 2 is 1.78 bits per heavy atom. The van der Waals surface area contributed by atoms with Crippen molar-refractivity contribution in [2.24, 2.45) is 0 Å². The molecular weight excluding hydrogens is 250 g/mol. The van der Waals surface area contributed by atoms with Gasteiger partial charge in [-0.05, 0) is 26.7 Å². The summed E-state index contributed by atoms with van der Waals surface area (Å²) in [5.41, 5.74) is 0. The second-order valence-corrected chi connectivity index (χ2v) is 7.38. The molecule has 1 rings (SSSR count). The lowest BCUT2D eigenvalue weighted by atomic mass is 10.0. The van der Waals surface area contributed by atoms with Crippen molar-refractivity contribution < 1.29 is 8.42 Å². The fraction of sp³-hybridized carbons (Fsp3) is 1.00. The first-order valence-electron chi connectivity index (χ1n) is 6.83. The molecule has 1 saturated heterocycles. The molecule has 2 N–H and O–H groups in total. The van der Waals surface area contributed by atoms with Crippen LogP contribution in [-0.2, 0) is 10.0 Å². The van der Waals surface area contributed by atoms with Gasteiger partial charge in [0.1, 0.15) is 0 Å². The van der Waals surface area contributed by atoms with Gasteiger partial charge in [-0.1, -0.05) is 20.3 Å². The van der Waals surface area contributed by atoms with Crippen LogP contribution in [0, 0.1) is 0 Å². The van der Waals surface area contributed by atoms with E-state index in [4.69, 9.17) is 0 Å². The third-order valence-corrected chi connectivity index (χ3v) is 4.59. The molecule has 0 amide bonds. The first-order chi connectivity index (χ1) is 8.32. The van der Waals surface area contributed by atoms with E-state index in [0.29, 0.717) is 12.6 Å². The average molecular weight is 277 g/mol. The highest BCUT2D eigenvalue weighted by Crippen LogP contribution is 2.20. The minimum atomic E-state index is -3.23. The molecule has 1 heterocycles. The molecule has 0 aliphatic carbocycles. The van der Waals surface area contributed by atoms with Gasteiger partial charge in [0.15, 0.2) is 0 Å². The van der Waals surface area contributed by atoms with Gasteiger partial charge in [0.05, 0.1) is 5.75 Å². The van der Waals surface area contributed by atoms with Crippen LogP contribution in [0.1, 0.15) is 47.0 Å². The minimum absolute atomic E-state index is 0.126. The van der Waals surface area contributed by atoms with Crippen LogP contribution < -0.4 is 10.1 Å². The van der Waals surface area contributed by atoms with Gasteiger partial charge in [0, 0.05) is 24.7 Å². The molecule has 18 heavy (non-hydrogen) atoms. The van der Waals surface area contributed by atoms with Crippen LogP contribution in [0.25, 0.3) is 0 Å². The number of piperidine rings is 1. The van der Waals surface area contributed by atoms with Gasteiger partial charge in [-0.3, -0.25) is 0 Å². The van der Waals surface area contributed by atoms with E-state index in [2.05, 4.69) is 24.0 Å². The molecule has 6 heteroatoms. The van der Waals surface area contributed by atoms with Crippen LogP contribution in [-0.4, -0.2) is 43.8 Å². The molecule has 0 bridgehead atoms. The molecule has 5 nitrogen and oxygen atoms in total. The van der Waals surface area contributed by atoms with Gasteiger partial charge >= 0.3 is 0 Å². The number of rotatable bonds is 6. The van der Waals surface area contributed by atoms with Gasteiger partial charge in [-0.25, -0.2) is 13.4 Å². The third kappa shape index (κ3) is 5.22. The van der Waals surface area contributed by atoms with Gasteiger partial charge < -0.3 is 5.32 Å². The van der Waals surface area contributed by atoms with E-state index in [9.17, 15) is 8.42 Å². The lowest BCUT2D eigenvalue weighted by molar-refractivity contribution is 0.0790. The predicted molar refractivity (Wildman–Crippen MR) is 74.7 cm³/mol. The van der Waals surface area contributed by atoms with Crippen molar-refractivity contribution in [1.82, 2.24) is 15.2 Å². The van der Waals surface area contributed by atoms with E-state index in [1.54, 1.807) is 0 Å². The highest BCUT2D eigenvalue weighted by atomic mass is 32.2. The zero-order valence-electron chi connectivity index (χ0n) is 11.9. The van der Waals surface area contributed by atoms with Crippen molar-refractivity contribution in [3.63, 3.8) is 0 Å². The molecule has 0 radical (unpaired) electrons. The number of nitrogens with zero attached hydrogens (tertiary/aromatic N) is 1. The summed E-state index contributed by atoms with van der Waals surface area (Å²) in [6, 6.07) is 0.871. The molecule has 0 saturated carbocycles. The van der Waals surface area contributed by atoms with Crippen molar-refractivity contribution in [2.75, 3.05) is 12.3 Å². The van der Waals surface area contributed by atoms with Crippen LogP contribution in [0.15, 0.2) is 0 Å². The summed E-state index contributed by atoms with van der Waals surface area (Å²) in [5.74, 6) is 0.126. The monoisotopic (exact) mass is 277 g/mol. The van der Waals surface area contributed by atoms with Crippen LogP contribution >= 0.6 is 0 Å². The summed E-state index contributed by atoms with van der Waals surface area (Å²) < 4.78 is 24.0. The second-order valence-electron chi connectivity index (χ2n) is 5.56. The topological polar surface area (TPSA) is 61.4 Å². The van der Waals surface area contributed by atoms with Crippen molar-refractivity contribution in [3.8, 4) is 0 Å². The fourth-order valence-corrected chi connectivity index (χ4v) is 3.45. The Bertz CT molecular complexity index is 333. The van der Waals surface area contributed by atoms with Crippen LogP contribution in [0.2, 0.25) is 0 Å². The highest BCUT2D eigenvalue weighted by molar-refractivity contribution is 7.89. The Hall–Kier alpha value is -0.170. The second kappa shape index (κ2) is 6.84. The Morgan fingerprint density at radius 1 is 1.22 bits per heavy atom. The summed E-state index contributed by atoms with van der Waals surface area (Å²) in [4.78, 5) is 2.73. The number of hydrogen-bond acceptors (Lipinski definition) is 4. The van der Waals surface area contributed by atoms with E-state index in [1.807, 2.05) is 18.9 Å². The fourth-order valence-electron chi connectivity index (χ4n) is 2.29. The summed E-state index contributed by atoms with van der Waals surface area (Å²) >= 11 is 0. The lowest BCUT2D eigenvalue weighted by Gasteiger charge is -2.38. The molecule has 108 valence electrons. The molecule has 1 aliphatic heterocycles. The summed E-state index contributed by atoms with van der Waals surface area (Å²) in [6.07, 6.45) is 3.28. The van der Waals surface area contributed by atoms with Gasteiger partial charge in [0.25, 0.3) is 0 Å². The Kier molecular flexibility index (Phi) is 6.04. The van der Waals surface area contributed by atoms with E-state index < -0.39 is 10.0 Å². The summed E-state index contributed by atoms with van der Waals surface area (Å²) in [7, 11) is -3.23. The first kappa shape index (κ1) is 15.9. The summed E-state index contributed by atoms with van der Waals surface area (Å²) in [5, 5.41) is 5.02. The standard InChI is InChI=1S/C12H27N3O2S/c1-10(2)13-8-9-18(16,17)14-15-11(3)6-5-7-12(15)4/h10-14H,5-9H2,1-4H3. The number of hydrazine groups is 1. The van der Waals surface area contributed by atoms with E-state index in [-0.39, 0.29) is 17.8 Å². The van der Waals surface area contributed by atoms with Crippen LogP contribution in [0.3, 0.4) is 0 Å². The van der Waals surface area contributed by atoms with E-state index in [1.165, 1.54) is 6.42 Å². The average Bonchev–Trinajstić information content (AvgIpc) is 2.23. The van der Waals surface area contributed by atoms with Crippen molar-refractivity contribution in [1.29, 1.82) is 0 Å². The zero-order chi connectivity index (χ0) is 13.8. The molecule has 2 unspecified atom stereocenters. The number of sulfonamides is 1. The summed E-state index contributed by atoms with van der Waals surface area (Å²) in [6.45, 7) is 8.66. The minimum Gasteiger partial charge on any atom is -0.313 e. The normalized spacial score (nSPS) is 26.7. The molecule has 0 spiro atoms. The highest BCUT2D eigenvalue weighted by Gasteiger charge is 2.28. The smallest absolute Gasteiger partial charge is 0.225 e. The SMILES string of the molecule is CC(C)NCCS(=O)(=O)NN1C(C)CCCC1C. The van der Waals surface area contributed by atoms with Crippen molar-refractivity contribution in [3.05, 3.63) is 0 Å². The molecule has 2 atom stereocenters. The molecule has 0 aromatic rings. The van der Waals surface area contributed by atoms with Crippen LogP contribution in [0.4, 0.5) is 0 Å². The zero-order valence-corrected chi connectivity index (χ0v) is 12.8. The van der Waals surface area contributed by atoms with Crippen molar-refractivity contribution in [2.45, 2.75) is 65.1 Å². The van der Waals surface area contributed by atoms with E-state index >= 15 is 0 Å². The number of hydrogen-bond donors (Lipinski definition) is 2. The maximum Gasteiger partial charge on any atom is 0.225 e. The molecular formula is C12H27N3O2S. The van der Waals surface area contributed by atoms with Gasteiger partial charge in [-0.15, -0.1) is 4.83 Å². The lowest BCUT2D eigenvalue weighted by Crippen LogP contribution is -2.55. The van der Waals surface area contributed by atoms with Gasteiger partial charge in [-0.2, -0.15) is 0 Å². The molecule has 1 aliphatic rings. The maximum absolute atomic E-state index is 12.0. The van der Waals surface area contributed by atoms with Crippen LogP contribution in [0.5, 0.6) is 0 Å². The Morgan fingerprint density at radius 3 is 2.28 bits per heavy atom. The molecule has 0 aromatic heterocycles. The molecule has 1 fully saturated rings. The van der Waals surface area contributed by atoms with E-state index in [0.717, 1.165) is 12.8 Å². The Balaban J connectivity index is 2.48. The largest absolute Gasteiger partial charge is 0.313 e. The number of nitrogens with one attached hydrogen (secondary N) is 2. The molecule has 0 aromatic carbocycles. The predicted octanol–water partition coefficient (Wildman–Crippen LogP) is 1.08. The Labute approximate surface area is 111 Å². The third-order valence-electron chi connectivity index (χ3n) is 3.36. The van der Waals surface area contributed by atoms with Crippen molar-refractivity contribution >= 4 is 10.0 Å². The maximum atomic E-state index is 12.0.